The van der Waals surface area contributed by atoms with E-state index >= 15 is 0 Å². The third-order valence-corrected chi connectivity index (χ3v) is 4.86. The predicted octanol–water partition coefficient (Wildman–Crippen LogP) is 4.44. The highest BCUT2D eigenvalue weighted by Crippen LogP contribution is 2.32. The number of rotatable bonds is 11. The van der Waals surface area contributed by atoms with Crippen molar-refractivity contribution in [1.82, 2.24) is 0 Å². The topological polar surface area (TPSA) is 57.5 Å². The molecule has 1 unspecified atom stereocenters. The van der Waals surface area contributed by atoms with Crippen LogP contribution in [0, 0.1) is 0 Å². The number of unbranched alkanes of at least 4 members (excludes halogenated alkanes) is 5. The molecule has 0 saturated carbocycles. The van der Waals surface area contributed by atoms with Gasteiger partial charge >= 0.3 is 5.97 Å². The van der Waals surface area contributed by atoms with E-state index in [9.17, 15) is 15.0 Å². The lowest BCUT2D eigenvalue weighted by molar-refractivity contribution is -0.149. The number of hydrogen-bond acceptors (Lipinski definition) is 3. The third-order valence-electron chi connectivity index (χ3n) is 3.52. The fourth-order valence-electron chi connectivity index (χ4n) is 2.16. The molecular weight excluding hydrogens is 284 g/mol. The van der Waals surface area contributed by atoms with Gasteiger partial charge in [-0.05, 0) is 18.4 Å². The summed E-state index contributed by atoms with van der Waals surface area (Å²) in [6, 6.07) is 9.65. The summed E-state index contributed by atoms with van der Waals surface area (Å²) >= 11 is 1.11. The van der Waals surface area contributed by atoms with Crippen LogP contribution in [0.2, 0.25) is 0 Å². The molecule has 1 aromatic carbocycles. The summed E-state index contributed by atoms with van der Waals surface area (Å²) in [6.45, 7) is 2.17. The molecule has 0 aliphatic carbocycles. The zero-order valence-corrected chi connectivity index (χ0v) is 13.6. The van der Waals surface area contributed by atoms with Crippen molar-refractivity contribution >= 4 is 17.7 Å². The lowest BCUT2D eigenvalue weighted by atomic mass is 10.1. The van der Waals surface area contributed by atoms with E-state index in [0.29, 0.717) is 12.2 Å². The molecule has 1 atom stereocenters. The van der Waals surface area contributed by atoms with E-state index in [1.807, 2.05) is 30.3 Å². The molecule has 0 saturated heterocycles. The number of carbonyl (C=O) groups is 1. The summed E-state index contributed by atoms with van der Waals surface area (Å²) in [5.74, 6) is -0.614. The summed E-state index contributed by atoms with van der Waals surface area (Å²) in [6.07, 6.45) is 6.80. The Labute approximate surface area is 131 Å². The Morgan fingerprint density at radius 1 is 1.10 bits per heavy atom. The Morgan fingerprint density at radius 2 is 1.71 bits per heavy atom. The standard InChI is InChI=1S/C17H26O3S/c1-2-3-4-5-6-10-13-17(20,16(18)19)21-14-15-11-8-7-9-12-15/h7-9,11-12,20H,2-6,10,13-14H2,1H3,(H,18,19). The molecule has 0 aliphatic heterocycles. The van der Waals surface area contributed by atoms with Crippen molar-refractivity contribution in [3.05, 3.63) is 35.9 Å². The smallest absolute Gasteiger partial charge is 0.346 e. The Kier molecular flexibility index (Phi) is 8.47. The molecule has 0 heterocycles. The molecule has 21 heavy (non-hydrogen) atoms. The molecule has 1 aromatic rings. The molecular formula is C17H26O3S. The zero-order valence-electron chi connectivity index (χ0n) is 12.8. The van der Waals surface area contributed by atoms with Crippen molar-refractivity contribution in [2.24, 2.45) is 0 Å². The van der Waals surface area contributed by atoms with Gasteiger partial charge in [0, 0.05) is 5.75 Å². The van der Waals surface area contributed by atoms with E-state index in [4.69, 9.17) is 0 Å². The molecule has 118 valence electrons. The van der Waals surface area contributed by atoms with Gasteiger partial charge in [-0.1, -0.05) is 69.4 Å². The zero-order chi connectivity index (χ0) is 15.6. The molecule has 0 bridgehead atoms. The van der Waals surface area contributed by atoms with Crippen LogP contribution in [0.5, 0.6) is 0 Å². The van der Waals surface area contributed by atoms with Crippen molar-refractivity contribution in [2.45, 2.75) is 62.6 Å². The average Bonchev–Trinajstić information content (AvgIpc) is 2.49. The second kappa shape index (κ2) is 9.85. The van der Waals surface area contributed by atoms with Crippen LogP contribution in [-0.4, -0.2) is 21.1 Å². The number of aliphatic carboxylic acids is 1. The van der Waals surface area contributed by atoms with Gasteiger partial charge < -0.3 is 10.2 Å². The summed E-state index contributed by atoms with van der Waals surface area (Å²) < 4.78 is 0. The summed E-state index contributed by atoms with van der Waals surface area (Å²) in [4.78, 5) is 9.67. The monoisotopic (exact) mass is 310 g/mol. The Bertz CT molecular complexity index is 408. The first-order chi connectivity index (χ1) is 10.1. The van der Waals surface area contributed by atoms with Gasteiger partial charge in [0.05, 0.1) is 0 Å². The van der Waals surface area contributed by atoms with Crippen LogP contribution < -0.4 is 0 Å². The van der Waals surface area contributed by atoms with E-state index < -0.39 is 10.9 Å². The van der Waals surface area contributed by atoms with Crippen molar-refractivity contribution < 1.29 is 15.0 Å². The maximum Gasteiger partial charge on any atom is 0.346 e. The van der Waals surface area contributed by atoms with Gasteiger partial charge in [-0.3, -0.25) is 0 Å². The van der Waals surface area contributed by atoms with Gasteiger partial charge in [0.15, 0.2) is 0 Å². The third kappa shape index (κ3) is 7.00. The summed E-state index contributed by atoms with van der Waals surface area (Å²) in [5.41, 5.74) is 1.03. The van der Waals surface area contributed by atoms with Gasteiger partial charge in [0.25, 0.3) is 0 Å². The van der Waals surface area contributed by atoms with Crippen molar-refractivity contribution in [2.75, 3.05) is 0 Å². The molecule has 2 N–H and O–H groups in total. The van der Waals surface area contributed by atoms with Gasteiger partial charge in [-0.2, -0.15) is 0 Å². The quantitative estimate of drug-likeness (QED) is 0.468. The van der Waals surface area contributed by atoms with E-state index in [1.165, 1.54) is 19.3 Å². The Balaban J connectivity index is 2.37. The van der Waals surface area contributed by atoms with E-state index in [0.717, 1.165) is 36.6 Å². The number of aliphatic hydroxyl groups is 1. The van der Waals surface area contributed by atoms with E-state index in [2.05, 4.69) is 6.92 Å². The molecule has 4 heteroatoms. The van der Waals surface area contributed by atoms with Gasteiger partial charge in [0.1, 0.15) is 0 Å². The van der Waals surface area contributed by atoms with Crippen molar-refractivity contribution in [3.8, 4) is 0 Å². The lowest BCUT2D eigenvalue weighted by Gasteiger charge is -2.22. The average molecular weight is 310 g/mol. The highest BCUT2D eigenvalue weighted by Gasteiger charge is 2.35. The van der Waals surface area contributed by atoms with Crippen LogP contribution in [0.4, 0.5) is 0 Å². The van der Waals surface area contributed by atoms with Crippen LogP contribution >= 0.6 is 11.8 Å². The minimum Gasteiger partial charge on any atom is -0.478 e. The highest BCUT2D eigenvalue weighted by molar-refractivity contribution is 8.00. The molecule has 0 aromatic heterocycles. The Morgan fingerprint density at radius 3 is 2.33 bits per heavy atom. The van der Waals surface area contributed by atoms with E-state index in [1.54, 1.807) is 0 Å². The first-order valence-electron chi connectivity index (χ1n) is 7.72. The maximum absolute atomic E-state index is 11.3. The van der Waals surface area contributed by atoms with Crippen LogP contribution in [0.1, 0.15) is 57.4 Å². The normalized spacial score (nSPS) is 13.8. The molecule has 0 spiro atoms. The fourth-order valence-corrected chi connectivity index (χ4v) is 3.17. The first-order valence-corrected chi connectivity index (χ1v) is 8.70. The fraction of sp³-hybridized carbons (Fsp3) is 0.588. The van der Waals surface area contributed by atoms with Crippen LogP contribution in [0.25, 0.3) is 0 Å². The SMILES string of the molecule is CCCCCCCCC(O)(SCc1ccccc1)C(=O)O. The number of carboxylic acid groups (broad SMARTS) is 1. The highest BCUT2D eigenvalue weighted by atomic mass is 32.2. The summed E-state index contributed by atoms with van der Waals surface area (Å²) in [7, 11) is 0. The predicted molar refractivity (Wildman–Crippen MR) is 88.3 cm³/mol. The number of thioether (sulfide) groups is 1. The number of hydrogen-bond donors (Lipinski definition) is 2. The van der Waals surface area contributed by atoms with Gasteiger partial charge in [-0.15, -0.1) is 11.8 Å². The Hall–Kier alpha value is -1.00. The van der Waals surface area contributed by atoms with Crippen molar-refractivity contribution in [3.63, 3.8) is 0 Å². The van der Waals surface area contributed by atoms with E-state index in [-0.39, 0.29) is 0 Å². The number of carboxylic acids is 1. The molecule has 3 nitrogen and oxygen atoms in total. The maximum atomic E-state index is 11.3. The molecule has 0 aliphatic rings. The molecule has 0 radical (unpaired) electrons. The second-order valence-electron chi connectivity index (χ2n) is 5.38. The van der Waals surface area contributed by atoms with Crippen LogP contribution in [0.15, 0.2) is 30.3 Å². The number of benzene rings is 1. The molecule has 0 amide bonds. The minimum absolute atomic E-state index is 0.311. The van der Waals surface area contributed by atoms with Gasteiger partial charge in [-0.25, -0.2) is 4.79 Å². The summed E-state index contributed by atoms with van der Waals surface area (Å²) in [5, 5.41) is 19.6. The first kappa shape index (κ1) is 18.1. The van der Waals surface area contributed by atoms with Crippen LogP contribution in [0.3, 0.4) is 0 Å². The largest absolute Gasteiger partial charge is 0.478 e. The molecule has 1 rings (SSSR count). The minimum atomic E-state index is -1.67. The lowest BCUT2D eigenvalue weighted by Crippen LogP contribution is -2.34. The molecule has 0 fully saturated rings. The van der Waals surface area contributed by atoms with Gasteiger partial charge in [0.2, 0.25) is 4.93 Å². The second-order valence-corrected chi connectivity index (χ2v) is 6.63. The van der Waals surface area contributed by atoms with Crippen LogP contribution in [-0.2, 0) is 10.5 Å². The van der Waals surface area contributed by atoms with Crippen molar-refractivity contribution in [1.29, 1.82) is 0 Å².